The number of nitrogens with zero attached hydrogens (tertiary/aromatic N) is 3. The van der Waals surface area contributed by atoms with Crippen LogP contribution in [0.3, 0.4) is 0 Å². The van der Waals surface area contributed by atoms with E-state index in [0.717, 1.165) is 31.7 Å². The maximum absolute atomic E-state index is 12.0. The molecule has 1 aromatic rings. The summed E-state index contributed by atoms with van der Waals surface area (Å²) in [4.78, 5) is 16.3. The van der Waals surface area contributed by atoms with Gasteiger partial charge in [-0.05, 0) is 12.6 Å². The summed E-state index contributed by atoms with van der Waals surface area (Å²) < 4.78 is 0. The van der Waals surface area contributed by atoms with Crippen LogP contribution in [0, 0.1) is 11.3 Å². The molecule has 5 heteroatoms. The fourth-order valence-corrected chi connectivity index (χ4v) is 2.15. The van der Waals surface area contributed by atoms with Crippen LogP contribution in [-0.2, 0) is 11.3 Å². The molecule has 1 saturated heterocycles. The molecular weight excluding hydrogens is 264 g/mol. The Balaban J connectivity index is 1.91. The van der Waals surface area contributed by atoms with E-state index >= 15 is 0 Å². The number of piperazine rings is 1. The van der Waals surface area contributed by atoms with E-state index in [2.05, 4.69) is 17.3 Å². The van der Waals surface area contributed by atoms with Crippen molar-refractivity contribution in [1.29, 1.82) is 5.26 Å². The Morgan fingerprint density at radius 1 is 1.29 bits per heavy atom. The van der Waals surface area contributed by atoms with Crippen molar-refractivity contribution in [3.8, 4) is 6.07 Å². The van der Waals surface area contributed by atoms with E-state index in [-0.39, 0.29) is 11.5 Å². The number of hydrogen-bond donors (Lipinski definition) is 1. The molecule has 110 valence electrons. The highest BCUT2D eigenvalue weighted by Crippen LogP contribution is 2.04. The molecule has 5 nitrogen and oxygen atoms in total. The molecular formula is C16H20N4O. The molecule has 21 heavy (non-hydrogen) atoms. The molecule has 1 aliphatic rings. The van der Waals surface area contributed by atoms with Gasteiger partial charge in [0, 0.05) is 38.9 Å². The summed E-state index contributed by atoms with van der Waals surface area (Å²) in [6, 6.07) is 11.6. The summed E-state index contributed by atoms with van der Waals surface area (Å²) in [6.45, 7) is 4.00. The van der Waals surface area contributed by atoms with E-state index in [1.54, 1.807) is 6.20 Å². The summed E-state index contributed by atoms with van der Waals surface area (Å²) in [5.41, 5.74) is 1.18. The van der Waals surface area contributed by atoms with Crippen molar-refractivity contribution in [2.45, 2.75) is 6.54 Å². The zero-order valence-electron chi connectivity index (χ0n) is 12.2. The number of amides is 1. The fraction of sp³-hybridized carbons (Fsp3) is 0.375. The highest BCUT2D eigenvalue weighted by atomic mass is 16.1. The first-order chi connectivity index (χ1) is 10.2. The largest absolute Gasteiger partial charge is 0.374 e. The van der Waals surface area contributed by atoms with Crippen LogP contribution in [0.15, 0.2) is 42.1 Å². The fourth-order valence-electron chi connectivity index (χ4n) is 2.15. The highest BCUT2D eigenvalue weighted by molar-refractivity contribution is 5.97. The van der Waals surface area contributed by atoms with Gasteiger partial charge in [0.1, 0.15) is 11.6 Å². The van der Waals surface area contributed by atoms with Crippen molar-refractivity contribution in [3.63, 3.8) is 0 Å². The highest BCUT2D eigenvalue weighted by Gasteiger charge is 2.14. The molecule has 1 fully saturated rings. The van der Waals surface area contributed by atoms with Crippen molar-refractivity contribution in [2.24, 2.45) is 0 Å². The molecule has 0 bridgehead atoms. The van der Waals surface area contributed by atoms with Crippen LogP contribution in [-0.4, -0.2) is 48.9 Å². The quantitative estimate of drug-likeness (QED) is 0.661. The van der Waals surface area contributed by atoms with Gasteiger partial charge < -0.3 is 15.1 Å². The molecule has 1 aliphatic heterocycles. The maximum atomic E-state index is 12.0. The lowest BCUT2D eigenvalue weighted by Crippen LogP contribution is -2.42. The lowest BCUT2D eigenvalue weighted by Gasteiger charge is -2.31. The Morgan fingerprint density at radius 3 is 2.57 bits per heavy atom. The summed E-state index contributed by atoms with van der Waals surface area (Å²) >= 11 is 0. The minimum atomic E-state index is -0.319. The number of likely N-dealkylation sites (N-methyl/N-ethyl adjacent to an activating group) is 1. The number of hydrogen-bond acceptors (Lipinski definition) is 4. The zero-order valence-corrected chi connectivity index (χ0v) is 12.2. The van der Waals surface area contributed by atoms with E-state index in [4.69, 9.17) is 5.26 Å². The third-order valence-electron chi connectivity index (χ3n) is 3.51. The normalized spacial score (nSPS) is 16.4. The molecule has 2 rings (SSSR count). The standard InChI is InChI=1S/C16H20N4O/c1-19-7-9-20(10-8-19)13-15(11-17)16(21)18-12-14-5-3-2-4-6-14/h2-6,13H,7-10,12H2,1H3,(H,18,21)/b15-13+. The van der Waals surface area contributed by atoms with Crippen LogP contribution in [0.2, 0.25) is 0 Å². The molecule has 0 spiro atoms. The summed E-state index contributed by atoms with van der Waals surface area (Å²) in [5.74, 6) is -0.319. The first-order valence-electron chi connectivity index (χ1n) is 7.05. The van der Waals surface area contributed by atoms with Gasteiger partial charge in [-0.3, -0.25) is 4.79 Å². The first-order valence-corrected chi connectivity index (χ1v) is 7.05. The number of carbonyl (C=O) groups excluding carboxylic acids is 1. The monoisotopic (exact) mass is 284 g/mol. The molecule has 0 unspecified atom stereocenters. The zero-order chi connectivity index (χ0) is 15.1. The molecule has 0 radical (unpaired) electrons. The molecule has 0 aromatic heterocycles. The van der Waals surface area contributed by atoms with Crippen LogP contribution in [0.5, 0.6) is 0 Å². The van der Waals surface area contributed by atoms with Gasteiger partial charge in [-0.2, -0.15) is 5.26 Å². The third kappa shape index (κ3) is 4.62. The van der Waals surface area contributed by atoms with Crippen LogP contribution in [0.25, 0.3) is 0 Å². The Morgan fingerprint density at radius 2 is 1.95 bits per heavy atom. The Labute approximate surface area is 125 Å². The minimum Gasteiger partial charge on any atom is -0.374 e. The predicted molar refractivity (Wildman–Crippen MR) is 81.1 cm³/mol. The van der Waals surface area contributed by atoms with Crippen molar-refractivity contribution in [2.75, 3.05) is 33.2 Å². The van der Waals surface area contributed by atoms with Gasteiger partial charge in [-0.15, -0.1) is 0 Å². The molecule has 1 aromatic carbocycles. The van der Waals surface area contributed by atoms with Crippen molar-refractivity contribution in [3.05, 3.63) is 47.7 Å². The average molecular weight is 284 g/mol. The number of carbonyl (C=O) groups is 1. The number of nitrogens with one attached hydrogen (secondary N) is 1. The third-order valence-corrected chi connectivity index (χ3v) is 3.51. The van der Waals surface area contributed by atoms with Gasteiger partial charge in [-0.1, -0.05) is 30.3 Å². The van der Waals surface area contributed by atoms with Gasteiger partial charge in [-0.25, -0.2) is 0 Å². The maximum Gasteiger partial charge on any atom is 0.263 e. The van der Waals surface area contributed by atoms with E-state index in [9.17, 15) is 4.79 Å². The molecule has 1 amide bonds. The van der Waals surface area contributed by atoms with Gasteiger partial charge in [0.15, 0.2) is 0 Å². The van der Waals surface area contributed by atoms with E-state index in [1.807, 2.05) is 41.3 Å². The number of rotatable bonds is 4. The first kappa shape index (κ1) is 15.1. The molecule has 0 atom stereocenters. The van der Waals surface area contributed by atoms with Crippen molar-refractivity contribution in [1.82, 2.24) is 15.1 Å². The number of benzene rings is 1. The summed E-state index contributed by atoms with van der Waals surface area (Å²) in [7, 11) is 2.07. The second-order valence-electron chi connectivity index (χ2n) is 5.16. The van der Waals surface area contributed by atoms with Crippen molar-refractivity contribution < 1.29 is 4.79 Å². The SMILES string of the molecule is CN1CCN(/C=C(\C#N)C(=O)NCc2ccccc2)CC1. The average Bonchev–Trinajstić information content (AvgIpc) is 2.53. The van der Waals surface area contributed by atoms with Crippen LogP contribution < -0.4 is 5.32 Å². The second-order valence-corrected chi connectivity index (χ2v) is 5.16. The molecule has 0 aliphatic carbocycles. The smallest absolute Gasteiger partial charge is 0.263 e. The van der Waals surface area contributed by atoms with Gasteiger partial charge >= 0.3 is 0 Å². The van der Waals surface area contributed by atoms with E-state index in [1.165, 1.54) is 0 Å². The molecule has 1 N–H and O–H groups in total. The number of nitriles is 1. The van der Waals surface area contributed by atoms with Gasteiger partial charge in [0.2, 0.25) is 0 Å². The summed E-state index contributed by atoms with van der Waals surface area (Å²) in [5, 5.41) is 11.9. The van der Waals surface area contributed by atoms with Crippen LogP contribution in [0.4, 0.5) is 0 Å². The van der Waals surface area contributed by atoms with Crippen LogP contribution in [0.1, 0.15) is 5.56 Å². The van der Waals surface area contributed by atoms with E-state index < -0.39 is 0 Å². The Hall–Kier alpha value is -2.32. The Bertz CT molecular complexity index is 539. The van der Waals surface area contributed by atoms with Gasteiger partial charge in [0.05, 0.1) is 0 Å². The van der Waals surface area contributed by atoms with E-state index in [0.29, 0.717) is 6.54 Å². The predicted octanol–water partition coefficient (Wildman–Crippen LogP) is 0.958. The van der Waals surface area contributed by atoms with Crippen molar-refractivity contribution >= 4 is 5.91 Å². The minimum absolute atomic E-state index is 0.162. The second kappa shape index (κ2) is 7.46. The lowest BCUT2D eigenvalue weighted by atomic mass is 10.2. The lowest BCUT2D eigenvalue weighted by molar-refractivity contribution is -0.117. The topological polar surface area (TPSA) is 59.4 Å². The molecule has 1 heterocycles. The van der Waals surface area contributed by atoms with Gasteiger partial charge in [0.25, 0.3) is 5.91 Å². The Kier molecular flexibility index (Phi) is 5.35. The molecule has 0 saturated carbocycles. The van der Waals surface area contributed by atoms with Crippen LogP contribution >= 0.6 is 0 Å². The summed E-state index contributed by atoms with van der Waals surface area (Å²) in [6.07, 6.45) is 1.67.